The monoisotopic (exact) mass is 267 g/mol. The molecule has 0 aliphatic heterocycles. The third-order valence-electron chi connectivity index (χ3n) is 3.03. The number of aliphatic hydroxyl groups is 1. The van der Waals surface area contributed by atoms with Gasteiger partial charge >= 0.3 is 0 Å². The molecule has 0 saturated carbocycles. The molecule has 1 aromatic carbocycles. The third-order valence-corrected chi connectivity index (χ3v) is 3.03. The summed E-state index contributed by atoms with van der Waals surface area (Å²) in [6.07, 6.45) is 0. The van der Waals surface area contributed by atoms with Gasteiger partial charge in [-0.05, 0) is 25.5 Å². The average molecular weight is 267 g/mol. The van der Waals surface area contributed by atoms with Crippen LogP contribution in [0.2, 0.25) is 0 Å². The van der Waals surface area contributed by atoms with E-state index in [2.05, 4.69) is 24.1 Å². The molecule has 6 heteroatoms. The van der Waals surface area contributed by atoms with Crippen LogP contribution < -0.4 is 5.32 Å². The molecule has 2 N–H and O–H groups in total. The quantitative estimate of drug-likeness (QED) is 0.582. The highest BCUT2D eigenvalue weighted by Gasteiger charge is 2.15. The summed E-state index contributed by atoms with van der Waals surface area (Å²) in [5.74, 6) is 0. The molecule has 0 heterocycles. The van der Waals surface area contributed by atoms with E-state index in [1.807, 2.05) is 0 Å². The Morgan fingerprint density at radius 3 is 2.63 bits per heavy atom. The predicted molar refractivity (Wildman–Crippen MR) is 75.3 cm³/mol. The molecule has 19 heavy (non-hydrogen) atoms. The molecule has 1 aromatic rings. The number of aliphatic hydroxyl groups excluding tert-OH is 1. The Labute approximate surface area is 113 Å². The molecule has 0 atom stereocenters. The number of anilines is 1. The van der Waals surface area contributed by atoms with Crippen molar-refractivity contribution in [1.82, 2.24) is 4.90 Å². The lowest BCUT2D eigenvalue weighted by Crippen LogP contribution is -2.32. The molecular formula is C13H21N3O3. The minimum atomic E-state index is -0.399. The molecule has 0 fully saturated rings. The molecule has 0 amide bonds. The van der Waals surface area contributed by atoms with E-state index in [1.165, 1.54) is 6.07 Å². The first-order chi connectivity index (χ1) is 8.99. The minimum Gasteiger partial charge on any atom is -0.395 e. The van der Waals surface area contributed by atoms with Crippen LogP contribution >= 0.6 is 0 Å². The maximum Gasteiger partial charge on any atom is 0.292 e. The molecule has 0 aliphatic carbocycles. The van der Waals surface area contributed by atoms with Crippen LogP contribution in [0, 0.1) is 10.1 Å². The molecule has 0 aromatic heterocycles. The van der Waals surface area contributed by atoms with Gasteiger partial charge in [-0.15, -0.1) is 0 Å². The van der Waals surface area contributed by atoms with E-state index in [-0.39, 0.29) is 12.3 Å². The van der Waals surface area contributed by atoms with E-state index in [0.717, 1.165) is 5.56 Å². The number of hydrogen-bond acceptors (Lipinski definition) is 5. The first-order valence-corrected chi connectivity index (χ1v) is 6.29. The fraction of sp³-hybridized carbons (Fsp3) is 0.538. The standard InChI is InChI=1S/C13H21N3O3/c1-10(2)15(6-7-17)9-11-4-5-13(16(18)19)12(8-11)14-3/h4-5,8,10,14,17H,6-7,9H2,1-3H3. The first-order valence-electron chi connectivity index (χ1n) is 6.29. The molecule has 0 radical (unpaired) electrons. The van der Waals surface area contributed by atoms with Crippen molar-refractivity contribution in [3.05, 3.63) is 33.9 Å². The predicted octanol–water partition coefficient (Wildman–Crippen LogP) is 1.84. The van der Waals surface area contributed by atoms with E-state index in [0.29, 0.717) is 24.8 Å². The van der Waals surface area contributed by atoms with Crippen LogP contribution in [0.3, 0.4) is 0 Å². The minimum absolute atomic E-state index is 0.0736. The summed E-state index contributed by atoms with van der Waals surface area (Å²) in [6, 6.07) is 5.36. The van der Waals surface area contributed by atoms with Crippen LogP contribution in [-0.4, -0.2) is 41.2 Å². The van der Waals surface area contributed by atoms with Gasteiger partial charge in [0.25, 0.3) is 5.69 Å². The number of nitro groups is 1. The van der Waals surface area contributed by atoms with E-state index in [1.54, 1.807) is 19.2 Å². The van der Waals surface area contributed by atoms with Gasteiger partial charge in [-0.25, -0.2) is 0 Å². The second kappa shape index (κ2) is 7.06. The molecule has 106 valence electrons. The van der Waals surface area contributed by atoms with Crippen LogP contribution in [0.4, 0.5) is 11.4 Å². The smallest absolute Gasteiger partial charge is 0.292 e. The normalized spacial score (nSPS) is 11.1. The molecule has 0 spiro atoms. The van der Waals surface area contributed by atoms with Crippen molar-refractivity contribution in [2.24, 2.45) is 0 Å². The zero-order valence-corrected chi connectivity index (χ0v) is 11.6. The zero-order valence-electron chi connectivity index (χ0n) is 11.6. The third kappa shape index (κ3) is 4.18. The fourth-order valence-corrected chi connectivity index (χ4v) is 1.92. The van der Waals surface area contributed by atoms with Gasteiger partial charge in [-0.1, -0.05) is 6.07 Å². The van der Waals surface area contributed by atoms with Crippen LogP contribution in [0.25, 0.3) is 0 Å². The highest BCUT2D eigenvalue weighted by atomic mass is 16.6. The number of nitro benzene ring substituents is 1. The second-order valence-corrected chi connectivity index (χ2v) is 4.65. The van der Waals surface area contributed by atoms with Crippen LogP contribution in [0.15, 0.2) is 18.2 Å². The number of rotatable bonds is 7. The summed E-state index contributed by atoms with van der Waals surface area (Å²) in [5, 5.41) is 22.7. The summed E-state index contributed by atoms with van der Waals surface area (Å²) in [6.45, 7) is 5.46. The Morgan fingerprint density at radius 1 is 1.47 bits per heavy atom. The number of benzene rings is 1. The maximum atomic E-state index is 10.8. The summed E-state index contributed by atoms with van der Waals surface area (Å²) in [7, 11) is 1.67. The zero-order chi connectivity index (χ0) is 14.4. The topological polar surface area (TPSA) is 78.6 Å². The Hall–Kier alpha value is -1.66. The number of nitrogens with one attached hydrogen (secondary N) is 1. The highest BCUT2D eigenvalue weighted by Crippen LogP contribution is 2.25. The van der Waals surface area contributed by atoms with Crippen molar-refractivity contribution in [2.75, 3.05) is 25.5 Å². The Balaban J connectivity index is 2.92. The van der Waals surface area contributed by atoms with Crippen molar-refractivity contribution < 1.29 is 10.0 Å². The van der Waals surface area contributed by atoms with Gasteiger partial charge in [0.1, 0.15) is 5.69 Å². The first kappa shape index (κ1) is 15.4. The van der Waals surface area contributed by atoms with E-state index in [9.17, 15) is 10.1 Å². The Kier molecular flexibility index (Phi) is 5.72. The number of nitrogens with zero attached hydrogens (tertiary/aromatic N) is 2. The van der Waals surface area contributed by atoms with Crippen molar-refractivity contribution >= 4 is 11.4 Å². The lowest BCUT2D eigenvalue weighted by Gasteiger charge is -2.25. The van der Waals surface area contributed by atoms with Gasteiger partial charge in [0.05, 0.1) is 11.5 Å². The highest BCUT2D eigenvalue weighted by molar-refractivity contribution is 5.62. The fourth-order valence-electron chi connectivity index (χ4n) is 1.92. The van der Waals surface area contributed by atoms with Crippen molar-refractivity contribution in [1.29, 1.82) is 0 Å². The Morgan fingerprint density at radius 2 is 2.16 bits per heavy atom. The molecule has 1 rings (SSSR count). The van der Waals surface area contributed by atoms with Gasteiger partial charge in [0.15, 0.2) is 0 Å². The molecule has 0 aliphatic rings. The van der Waals surface area contributed by atoms with Gasteiger partial charge in [-0.2, -0.15) is 0 Å². The van der Waals surface area contributed by atoms with Crippen molar-refractivity contribution in [3.63, 3.8) is 0 Å². The van der Waals surface area contributed by atoms with Crippen molar-refractivity contribution in [3.8, 4) is 0 Å². The average Bonchev–Trinajstić information content (AvgIpc) is 2.37. The summed E-state index contributed by atoms with van der Waals surface area (Å²) >= 11 is 0. The van der Waals surface area contributed by atoms with Gasteiger partial charge < -0.3 is 10.4 Å². The van der Waals surface area contributed by atoms with Crippen LogP contribution in [0.1, 0.15) is 19.4 Å². The van der Waals surface area contributed by atoms with Crippen LogP contribution in [-0.2, 0) is 6.54 Å². The summed E-state index contributed by atoms with van der Waals surface area (Å²) in [4.78, 5) is 12.6. The summed E-state index contributed by atoms with van der Waals surface area (Å²) < 4.78 is 0. The molecule has 6 nitrogen and oxygen atoms in total. The van der Waals surface area contributed by atoms with E-state index in [4.69, 9.17) is 5.11 Å². The van der Waals surface area contributed by atoms with E-state index >= 15 is 0 Å². The van der Waals surface area contributed by atoms with Crippen molar-refractivity contribution in [2.45, 2.75) is 26.4 Å². The molecular weight excluding hydrogens is 246 g/mol. The molecule has 0 saturated heterocycles. The van der Waals surface area contributed by atoms with Gasteiger partial charge in [0, 0.05) is 32.2 Å². The van der Waals surface area contributed by atoms with Gasteiger partial charge in [-0.3, -0.25) is 15.0 Å². The Bertz CT molecular complexity index is 435. The lowest BCUT2D eigenvalue weighted by molar-refractivity contribution is -0.384. The second-order valence-electron chi connectivity index (χ2n) is 4.65. The lowest BCUT2D eigenvalue weighted by atomic mass is 10.1. The number of hydrogen-bond donors (Lipinski definition) is 2. The van der Waals surface area contributed by atoms with E-state index < -0.39 is 4.92 Å². The SMILES string of the molecule is CNc1cc(CN(CCO)C(C)C)ccc1[N+](=O)[O-]. The molecule has 0 unspecified atom stereocenters. The molecule has 0 bridgehead atoms. The summed E-state index contributed by atoms with van der Waals surface area (Å²) in [5.41, 5.74) is 1.57. The van der Waals surface area contributed by atoms with Gasteiger partial charge in [0.2, 0.25) is 0 Å². The largest absolute Gasteiger partial charge is 0.395 e. The maximum absolute atomic E-state index is 10.8. The van der Waals surface area contributed by atoms with Crippen LogP contribution in [0.5, 0.6) is 0 Å².